The minimum Gasteiger partial charge on any atom is -0.464 e. The Morgan fingerprint density at radius 3 is 2.72 bits per heavy atom. The topological polar surface area (TPSA) is 120 Å². The first-order valence-corrected chi connectivity index (χ1v) is 10.8. The fourth-order valence-electron chi connectivity index (χ4n) is 3.03. The standard InChI is InChI=1S/C22H22N2O7S/c1-4-5-8-30-20(25)12-23-21(26)19(32-22(23)27)11-16-6-7-18(31-16)15-9-13(2)14(3)17(10-15)24(28)29/h6-7,9-11H,4-5,8,12H2,1-3H3/b19-11+. The first-order valence-electron chi connectivity index (χ1n) is 9.98. The number of nitro benzene ring substituents is 1. The highest BCUT2D eigenvalue weighted by atomic mass is 32.2. The highest BCUT2D eigenvalue weighted by molar-refractivity contribution is 8.18. The number of furan rings is 1. The van der Waals surface area contributed by atoms with E-state index in [0.29, 0.717) is 40.8 Å². The van der Waals surface area contributed by atoms with Crippen LogP contribution in [0.25, 0.3) is 17.4 Å². The summed E-state index contributed by atoms with van der Waals surface area (Å²) in [5.74, 6) is -0.552. The fourth-order valence-corrected chi connectivity index (χ4v) is 3.85. The van der Waals surface area contributed by atoms with Gasteiger partial charge in [0, 0.05) is 23.3 Å². The van der Waals surface area contributed by atoms with Crippen LogP contribution in [0.5, 0.6) is 0 Å². The summed E-state index contributed by atoms with van der Waals surface area (Å²) in [6, 6.07) is 6.45. The molecule has 0 aliphatic carbocycles. The second-order valence-electron chi connectivity index (χ2n) is 7.24. The molecular weight excluding hydrogens is 436 g/mol. The quantitative estimate of drug-likeness (QED) is 0.181. The van der Waals surface area contributed by atoms with Gasteiger partial charge in [-0.1, -0.05) is 13.3 Å². The van der Waals surface area contributed by atoms with Crippen LogP contribution in [0, 0.1) is 24.0 Å². The largest absolute Gasteiger partial charge is 0.464 e. The third kappa shape index (κ3) is 5.08. The van der Waals surface area contributed by atoms with Crippen LogP contribution >= 0.6 is 11.8 Å². The molecule has 0 spiro atoms. The Kier molecular flexibility index (Phi) is 7.14. The summed E-state index contributed by atoms with van der Waals surface area (Å²) in [6.07, 6.45) is 2.97. The van der Waals surface area contributed by atoms with Crippen LogP contribution in [-0.2, 0) is 14.3 Å². The maximum atomic E-state index is 12.6. The van der Waals surface area contributed by atoms with E-state index in [2.05, 4.69) is 0 Å². The molecule has 1 saturated heterocycles. The lowest BCUT2D eigenvalue weighted by Gasteiger charge is -2.11. The number of esters is 1. The van der Waals surface area contributed by atoms with E-state index >= 15 is 0 Å². The van der Waals surface area contributed by atoms with Crippen molar-refractivity contribution in [3.8, 4) is 11.3 Å². The van der Waals surface area contributed by atoms with Gasteiger partial charge in [0.15, 0.2) is 0 Å². The van der Waals surface area contributed by atoms with Crippen molar-refractivity contribution in [1.29, 1.82) is 0 Å². The Balaban J connectivity index is 1.77. The highest BCUT2D eigenvalue weighted by Crippen LogP contribution is 2.34. The number of imide groups is 1. The molecule has 0 unspecified atom stereocenters. The van der Waals surface area contributed by atoms with Crippen LogP contribution < -0.4 is 0 Å². The van der Waals surface area contributed by atoms with E-state index in [1.165, 1.54) is 12.1 Å². The van der Waals surface area contributed by atoms with Gasteiger partial charge in [-0.3, -0.25) is 29.4 Å². The van der Waals surface area contributed by atoms with E-state index in [4.69, 9.17) is 9.15 Å². The van der Waals surface area contributed by atoms with E-state index in [9.17, 15) is 24.5 Å². The van der Waals surface area contributed by atoms with Gasteiger partial charge >= 0.3 is 5.97 Å². The molecule has 168 valence electrons. The van der Waals surface area contributed by atoms with Crippen molar-refractivity contribution in [2.24, 2.45) is 0 Å². The molecule has 1 aliphatic rings. The zero-order valence-electron chi connectivity index (χ0n) is 17.9. The number of carbonyl (C=O) groups excluding carboxylic acids is 3. The van der Waals surface area contributed by atoms with Gasteiger partial charge in [0.25, 0.3) is 16.8 Å². The number of hydrogen-bond acceptors (Lipinski definition) is 8. The molecule has 1 aromatic heterocycles. The molecule has 0 N–H and O–H groups in total. The van der Waals surface area contributed by atoms with Crippen molar-refractivity contribution in [2.75, 3.05) is 13.2 Å². The van der Waals surface area contributed by atoms with Crippen molar-refractivity contribution in [3.63, 3.8) is 0 Å². The number of aryl methyl sites for hydroxylation is 1. The third-order valence-corrected chi connectivity index (χ3v) is 5.85. The third-order valence-electron chi connectivity index (χ3n) is 4.94. The van der Waals surface area contributed by atoms with Gasteiger partial charge in [0.2, 0.25) is 0 Å². The molecule has 0 radical (unpaired) electrons. The first kappa shape index (κ1) is 23.3. The molecule has 0 bridgehead atoms. The number of thioether (sulfide) groups is 1. The average molecular weight is 458 g/mol. The average Bonchev–Trinajstić information content (AvgIpc) is 3.30. The number of amides is 2. The number of benzene rings is 1. The fraction of sp³-hybridized carbons (Fsp3) is 0.318. The number of ether oxygens (including phenoxy) is 1. The Morgan fingerprint density at radius 2 is 2.03 bits per heavy atom. The zero-order chi connectivity index (χ0) is 23.4. The van der Waals surface area contributed by atoms with Crippen LogP contribution in [0.1, 0.15) is 36.7 Å². The Bertz CT molecular complexity index is 1120. The monoisotopic (exact) mass is 458 g/mol. The van der Waals surface area contributed by atoms with Crippen molar-refractivity contribution in [3.05, 3.63) is 56.2 Å². The summed E-state index contributed by atoms with van der Waals surface area (Å²) < 4.78 is 10.8. The summed E-state index contributed by atoms with van der Waals surface area (Å²) in [5, 5.41) is 10.7. The zero-order valence-corrected chi connectivity index (χ0v) is 18.7. The van der Waals surface area contributed by atoms with Crippen molar-refractivity contribution < 1.29 is 28.5 Å². The van der Waals surface area contributed by atoms with Gasteiger partial charge in [-0.2, -0.15) is 0 Å². The molecule has 10 heteroatoms. The van der Waals surface area contributed by atoms with Gasteiger partial charge in [-0.15, -0.1) is 0 Å². The highest BCUT2D eigenvalue weighted by Gasteiger charge is 2.37. The van der Waals surface area contributed by atoms with Crippen LogP contribution in [0.3, 0.4) is 0 Å². The van der Waals surface area contributed by atoms with E-state index < -0.39 is 28.6 Å². The Morgan fingerprint density at radius 1 is 1.28 bits per heavy atom. The summed E-state index contributed by atoms with van der Waals surface area (Å²) in [7, 11) is 0. The van der Waals surface area contributed by atoms with Gasteiger partial charge in [0.05, 0.1) is 16.4 Å². The van der Waals surface area contributed by atoms with Crippen molar-refractivity contribution >= 4 is 40.6 Å². The SMILES string of the molecule is CCCCOC(=O)CN1C(=O)S/C(=C/c2ccc(-c3cc(C)c(C)c([N+](=O)[O-])c3)o2)C1=O. The van der Waals surface area contributed by atoms with E-state index in [0.717, 1.165) is 16.9 Å². The predicted octanol–water partition coefficient (Wildman–Crippen LogP) is 4.85. The summed E-state index contributed by atoms with van der Waals surface area (Å²) in [6.45, 7) is 5.21. The lowest BCUT2D eigenvalue weighted by molar-refractivity contribution is -0.385. The molecule has 2 heterocycles. The number of hydrogen-bond donors (Lipinski definition) is 0. The van der Waals surface area contributed by atoms with Crippen molar-refractivity contribution in [1.82, 2.24) is 4.90 Å². The minimum absolute atomic E-state index is 0.00936. The van der Waals surface area contributed by atoms with Crippen molar-refractivity contribution in [2.45, 2.75) is 33.6 Å². The molecule has 3 rings (SSSR count). The Hall–Kier alpha value is -3.40. The predicted molar refractivity (Wildman–Crippen MR) is 119 cm³/mol. The van der Waals surface area contributed by atoms with Crippen LogP contribution in [0.2, 0.25) is 0 Å². The number of unbranched alkanes of at least 4 members (excludes halogenated alkanes) is 1. The molecule has 2 amide bonds. The smallest absolute Gasteiger partial charge is 0.326 e. The maximum absolute atomic E-state index is 12.6. The molecule has 0 atom stereocenters. The normalized spacial score (nSPS) is 15.0. The molecule has 9 nitrogen and oxygen atoms in total. The maximum Gasteiger partial charge on any atom is 0.326 e. The number of nitrogens with zero attached hydrogens (tertiary/aromatic N) is 2. The van der Waals surface area contributed by atoms with Crippen LogP contribution in [0.4, 0.5) is 10.5 Å². The molecule has 2 aromatic rings. The summed E-state index contributed by atoms with van der Waals surface area (Å²) in [5.41, 5.74) is 1.85. The van der Waals surface area contributed by atoms with Crippen LogP contribution in [0.15, 0.2) is 33.6 Å². The molecular formula is C22H22N2O7S. The lowest BCUT2D eigenvalue weighted by atomic mass is 10.0. The molecule has 0 saturated carbocycles. The van der Waals surface area contributed by atoms with E-state index in [1.54, 1.807) is 32.0 Å². The second-order valence-corrected chi connectivity index (χ2v) is 8.23. The first-order chi connectivity index (χ1) is 15.2. The summed E-state index contributed by atoms with van der Waals surface area (Å²) in [4.78, 5) is 48.4. The molecule has 1 aromatic carbocycles. The van der Waals surface area contributed by atoms with E-state index in [1.807, 2.05) is 6.92 Å². The Labute approximate surface area is 188 Å². The molecule has 32 heavy (non-hydrogen) atoms. The molecule has 1 fully saturated rings. The number of carbonyl (C=O) groups is 3. The van der Waals surface area contributed by atoms with Gasteiger partial charge in [-0.05, 0) is 55.8 Å². The minimum atomic E-state index is -0.640. The van der Waals surface area contributed by atoms with Gasteiger partial charge in [0.1, 0.15) is 18.1 Å². The number of rotatable bonds is 8. The molecule has 1 aliphatic heterocycles. The van der Waals surface area contributed by atoms with Gasteiger partial charge in [-0.25, -0.2) is 0 Å². The number of nitro groups is 1. The lowest BCUT2D eigenvalue weighted by Crippen LogP contribution is -2.34. The second kappa shape index (κ2) is 9.82. The van der Waals surface area contributed by atoms with Crippen LogP contribution in [-0.4, -0.2) is 40.1 Å². The van der Waals surface area contributed by atoms with E-state index in [-0.39, 0.29) is 17.2 Å². The van der Waals surface area contributed by atoms with Gasteiger partial charge < -0.3 is 9.15 Å². The summed E-state index contributed by atoms with van der Waals surface area (Å²) >= 11 is 0.704.